The molecule has 3 N–H and O–H groups in total. The Morgan fingerprint density at radius 1 is 0.827 bits per heavy atom. The predicted octanol–water partition coefficient (Wildman–Crippen LogP) is 7.78. The van der Waals surface area contributed by atoms with Crippen molar-refractivity contribution in [2.24, 2.45) is 5.41 Å². The molecule has 13 heteroatoms. The van der Waals surface area contributed by atoms with E-state index in [2.05, 4.69) is 25.3 Å². The highest BCUT2D eigenvalue weighted by atomic mass is 19.1. The molecule has 2 aliphatic rings. The van der Waals surface area contributed by atoms with E-state index in [4.69, 9.17) is 9.47 Å². The van der Waals surface area contributed by atoms with Gasteiger partial charge in [-0.05, 0) is 80.7 Å². The van der Waals surface area contributed by atoms with Crippen LogP contribution >= 0.6 is 0 Å². The molecule has 2 aromatic heterocycles. The zero-order valence-electron chi connectivity index (χ0n) is 30.9. The average Bonchev–Trinajstić information content (AvgIpc) is 3.92. The molecule has 0 aliphatic carbocycles. The van der Waals surface area contributed by atoms with Gasteiger partial charge in [0.25, 0.3) is 0 Å². The number of aromatic nitrogens is 4. The second-order valence-corrected chi connectivity index (χ2v) is 15.6. The monoisotopic (exact) mass is 713 g/mol. The number of alkyl carbamates (subject to hydrolysis) is 1. The maximum Gasteiger partial charge on any atom is 0.410 e. The quantitative estimate of drug-likeness (QED) is 0.177. The van der Waals surface area contributed by atoms with Crippen molar-refractivity contribution in [1.82, 2.24) is 35.1 Å². The molecule has 6 rings (SSSR count). The van der Waals surface area contributed by atoms with Crippen LogP contribution in [0, 0.1) is 11.2 Å². The summed E-state index contributed by atoms with van der Waals surface area (Å²) < 4.78 is 25.9. The molecule has 4 heterocycles. The van der Waals surface area contributed by atoms with Gasteiger partial charge in [0.05, 0.1) is 43.0 Å². The Morgan fingerprint density at radius 2 is 1.38 bits per heavy atom. The molecule has 2 saturated heterocycles. The number of methoxy groups -OCH3 is 1. The second-order valence-electron chi connectivity index (χ2n) is 15.6. The molecule has 12 nitrogen and oxygen atoms in total. The molecular weight excluding hydrogens is 665 g/mol. The molecule has 0 bridgehead atoms. The van der Waals surface area contributed by atoms with Gasteiger partial charge in [-0.15, -0.1) is 0 Å². The minimum Gasteiger partial charge on any atom is -0.453 e. The Labute approximate surface area is 303 Å². The molecule has 2 aliphatic heterocycles. The number of nitrogens with zero attached hydrogens (tertiary/aromatic N) is 4. The summed E-state index contributed by atoms with van der Waals surface area (Å²) in [5, 5.41) is 2.72. The van der Waals surface area contributed by atoms with Gasteiger partial charge in [-0.1, -0.05) is 51.1 Å². The van der Waals surface area contributed by atoms with Gasteiger partial charge in [0, 0.05) is 18.7 Å². The van der Waals surface area contributed by atoms with Crippen molar-refractivity contribution in [2.45, 2.75) is 91.0 Å². The zero-order chi connectivity index (χ0) is 37.4. The third-order valence-corrected chi connectivity index (χ3v) is 9.59. The highest BCUT2D eigenvalue weighted by Crippen LogP contribution is 2.36. The molecule has 4 aromatic rings. The topological polar surface area (TPSA) is 146 Å². The third kappa shape index (κ3) is 7.83. The Balaban J connectivity index is 1.14. The summed E-state index contributed by atoms with van der Waals surface area (Å²) in [6.45, 7) is 12.4. The van der Waals surface area contributed by atoms with E-state index in [-0.39, 0.29) is 24.1 Å². The number of amides is 3. The fraction of sp³-hybridized carbons (Fsp3) is 0.462. The summed E-state index contributed by atoms with van der Waals surface area (Å²) in [4.78, 5) is 57.8. The van der Waals surface area contributed by atoms with Crippen LogP contribution in [0.15, 0.2) is 54.9 Å². The summed E-state index contributed by atoms with van der Waals surface area (Å²) in [7, 11) is 1.28. The van der Waals surface area contributed by atoms with Gasteiger partial charge in [-0.3, -0.25) is 9.69 Å². The molecular formula is C39H48FN7O5. The lowest BCUT2D eigenvalue weighted by Crippen LogP contribution is -2.54. The number of aromatic amines is 2. The maximum atomic E-state index is 15.6. The summed E-state index contributed by atoms with van der Waals surface area (Å²) in [6.07, 6.45) is 5.48. The molecule has 3 atom stereocenters. The summed E-state index contributed by atoms with van der Waals surface area (Å²) in [6, 6.07) is 11.6. The lowest BCUT2D eigenvalue weighted by Gasteiger charge is -2.35. The van der Waals surface area contributed by atoms with Gasteiger partial charge < -0.3 is 29.7 Å². The molecule has 2 fully saturated rings. The Hall–Kier alpha value is -5.20. The van der Waals surface area contributed by atoms with Crippen molar-refractivity contribution in [3.8, 4) is 33.6 Å². The van der Waals surface area contributed by atoms with Crippen molar-refractivity contribution < 1.29 is 28.2 Å². The van der Waals surface area contributed by atoms with Gasteiger partial charge in [0.1, 0.15) is 29.1 Å². The molecule has 0 spiro atoms. The molecule has 276 valence electrons. The predicted molar refractivity (Wildman–Crippen MR) is 194 cm³/mol. The number of benzene rings is 2. The fourth-order valence-corrected chi connectivity index (χ4v) is 6.95. The Bertz CT molecular complexity index is 1920. The zero-order valence-corrected chi connectivity index (χ0v) is 30.9. The van der Waals surface area contributed by atoms with E-state index in [0.717, 1.165) is 48.1 Å². The van der Waals surface area contributed by atoms with Crippen molar-refractivity contribution in [2.75, 3.05) is 20.2 Å². The first-order valence-corrected chi connectivity index (χ1v) is 17.8. The van der Waals surface area contributed by atoms with Gasteiger partial charge >= 0.3 is 12.2 Å². The van der Waals surface area contributed by atoms with Crippen LogP contribution in [0.3, 0.4) is 0 Å². The highest BCUT2D eigenvalue weighted by molar-refractivity contribution is 5.87. The van der Waals surface area contributed by atoms with E-state index in [9.17, 15) is 14.4 Å². The lowest BCUT2D eigenvalue weighted by atomic mass is 9.85. The van der Waals surface area contributed by atoms with E-state index in [1.54, 1.807) is 28.3 Å². The van der Waals surface area contributed by atoms with E-state index >= 15 is 4.39 Å². The average molecular weight is 714 g/mol. The van der Waals surface area contributed by atoms with Crippen LogP contribution in [0.25, 0.3) is 33.6 Å². The first-order valence-electron chi connectivity index (χ1n) is 17.8. The van der Waals surface area contributed by atoms with Crippen molar-refractivity contribution in [3.63, 3.8) is 0 Å². The number of carbonyl (C=O) groups excluding carboxylic acids is 3. The number of halogens is 1. The number of hydrogen-bond acceptors (Lipinski definition) is 7. The van der Waals surface area contributed by atoms with Crippen molar-refractivity contribution in [1.29, 1.82) is 0 Å². The van der Waals surface area contributed by atoms with Crippen molar-refractivity contribution in [3.05, 3.63) is 72.3 Å². The Morgan fingerprint density at radius 3 is 1.98 bits per heavy atom. The van der Waals surface area contributed by atoms with Gasteiger partial charge in [-0.25, -0.2) is 23.9 Å². The Kier molecular flexibility index (Phi) is 10.2. The number of likely N-dealkylation sites (tertiary alicyclic amines) is 2. The number of ether oxygens (including phenoxy) is 2. The number of carbonyl (C=O) groups is 3. The molecule has 52 heavy (non-hydrogen) atoms. The molecule has 0 saturated carbocycles. The van der Waals surface area contributed by atoms with Crippen LogP contribution in [0.5, 0.6) is 0 Å². The minimum atomic E-state index is -0.757. The van der Waals surface area contributed by atoms with Crippen LogP contribution < -0.4 is 5.32 Å². The van der Waals surface area contributed by atoms with Crippen LogP contribution in [-0.4, -0.2) is 79.7 Å². The number of rotatable bonds is 7. The third-order valence-electron chi connectivity index (χ3n) is 9.59. The normalized spacial score (nSPS) is 18.4. The van der Waals surface area contributed by atoms with Crippen LogP contribution in [0.4, 0.5) is 14.0 Å². The molecule has 2 aromatic carbocycles. The van der Waals surface area contributed by atoms with E-state index in [1.165, 1.54) is 13.2 Å². The SMILES string of the molecule is COC(=O)N[C@H](C(=O)N1CCC[C@H]1c1ncc(-c2ccc(-c3ccc(-c4cnc([C@@H]5CCCN5C(=O)OC(C)(C)C)[nH]4)c(F)c3)cc2)[nH]1)C(C)(C)C. The number of nitrogens with one attached hydrogen (secondary N) is 3. The molecule has 0 unspecified atom stereocenters. The van der Waals surface area contributed by atoms with E-state index in [0.29, 0.717) is 36.0 Å². The first-order chi connectivity index (χ1) is 24.6. The molecule has 3 amide bonds. The lowest BCUT2D eigenvalue weighted by molar-refractivity contribution is -0.137. The number of H-pyrrole nitrogens is 2. The minimum absolute atomic E-state index is 0.174. The van der Waals surface area contributed by atoms with E-state index in [1.807, 2.05) is 71.9 Å². The fourth-order valence-electron chi connectivity index (χ4n) is 6.95. The van der Waals surface area contributed by atoms with E-state index < -0.39 is 29.0 Å². The van der Waals surface area contributed by atoms with Crippen LogP contribution in [0.1, 0.15) is 91.0 Å². The largest absolute Gasteiger partial charge is 0.453 e. The second kappa shape index (κ2) is 14.4. The first kappa shape index (κ1) is 36.6. The summed E-state index contributed by atoms with van der Waals surface area (Å²) in [5.74, 6) is 0.723. The van der Waals surface area contributed by atoms with Crippen LogP contribution in [0.2, 0.25) is 0 Å². The van der Waals surface area contributed by atoms with Gasteiger partial charge in [0.15, 0.2) is 0 Å². The highest BCUT2D eigenvalue weighted by Gasteiger charge is 2.41. The smallest absolute Gasteiger partial charge is 0.410 e. The summed E-state index contributed by atoms with van der Waals surface area (Å²) in [5.41, 5.74) is 3.06. The molecule has 0 radical (unpaired) electrons. The maximum absolute atomic E-state index is 15.6. The number of imidazole rings is 2. The van der Waals surface area contributed by atoms with Crippen LogP contribution in [-0.2, 0) is 14.3 Å². The van der Waals surface area contributed by atoms with Gasteiger partial charge in [-0.2, -0.15) is 0 Å². The number of hydrogen-bond donors (Lipinski definition) is 3. The summed E-state index contributed by atoms with van der Waals surface area (Å²) >= 11 is 0. The van der Waals surface area contributed by atoms with Gasteiger partial charge in [0.2, 0.25) is 5.91 Å². The van der Waals surface area contributed by atoms with Crippen molar-refractivity contribution >= 4 is 18.1 Å². The standard InChI is InChI=1S/C39H48FN7O5/c1-38(2,3)32(45-36(49)51-7)35(48)46-18-8-10-30(46)33-41-21-28(43-33)24-14-12-23(13-15-24)25-16-17-26(27(40)20-25)29-22-42-34(44-29)31-11-9-19-47(31)37(50)52-39(4,5)6/h12-17,20-22,30-32H,8-11,18-19H2,1-7H3,(H,41,43)(H,42,44)(H,45,49)/t30-,31-,32+/m0/s1.